The molecular formula is C19H14N6. The molecule has 5 heterocycles. The van der Waals surface area contributed by atoms with Gasteiger partial charge in [-0.15, -0.1) is 0 Å². The van der Waals surface area contributed by atoms with E-state index >= 15 is 0 Å². The molecule has 0 spiro atoms. The Kier molecular flexibility index (Phi) is 2.90. The van der Waals surface area contributed by atoms with Gasteiger partial charge in [0.2, 0.25) is 0 Å². The molecule has 6 nitrogen and oxygen atoms in total. The normalized spacial score (nSPS) is 11.7. The number of H-pyrrole nitrogens is 1. The third-order valence-electron chi connectivity index (χ3n) is 4.34. The summed E-state index contributed by atoms with van der Waals surface area (Å²) in [7, 11) is 0. The van der Waals surface area contributed by atoms with Gasteiger partial charge in [0, 0.05) is 29.7 Å². The van der Waals surface area contributed by atoms with E-state index in [1.807, 2.05) is 37.3 Å². The van der Waals surface area contributed by atoms with Gasteiger partial charge in [-0.25, -0.2) is 9.97 Å². The number of pyridine rings is 3. The van der Waals surface area contributed by atoms with Crippen molar-refractivity contribution in [1.29, 1.82) is 0 Å². The third kappa shape index (κ3) is 2.11. The van der Waals surface area contributed by atoms with Crippen LogP contribution in [0.25, 0.3) is 34.0 Å². The lowest BCUT2D eigenvalue weighted by atomic mass is 10.1. The Morgan fingerprint density at radius 1 is 0.880 bits per heavy atom. The third-order valence-corrected chi connectivity index (χ3v) is 4.34. The first kappa shape index (κ1) is 13.9. The Morgan fingerprint density at radius 3 is 2.68 bits per heavy atom. The predicted molar refractivity (Wildman–Crippen MR) is 96.3 cm³/mol. The van der Waals surface area contributed by atoms with E-state index in [0.717, 1.165) is 51.1 Å². The summed E-state index contributed by atoms with van der Waals surface area (Å²) >= 11 is 0. The van der Waals surface area contributed by atoms with Crippen LogP contribution in [0, 0.1) is 6.92 Å². The molecule has 0 radical (unpaired) electrons. The fourth-order valence-corrected chi connectivity index (χ4v) is 3.14. The van der Waals surface area contributed by atoms with Crippen LogP contribution in [0.15, 0.2) is 55.1 Å². The fraction of sp³-hybridized carbons (Fsp3) is 0.0526. The van der Waals surface area contributed by atoms with Gasteiger partial charge in [-0.2, -0.15) is 0 Å². The smallest absolute Gasteiger partial charge is 0.157 e. The standard InChI is InChI=1S/C19H14N6/c1-11-4-2-7-21-15(11)19-24-16-12-6-9-20-10-14(12)23-18-13(17(16)25-19)5-3-8-22-18/h2-10H,1H3,(H,22,23)(H,24,25). The first-order valence-corrected chi connectivity index (χ1v) is 8.00. The van der Waals surface area contributed by atoms with Crippen LogP contribution in [0.4, 0.5) is 11.5 Å². The number of nitrogens with one attached hydrogen (secondary N) is 2. The molecule has 4 aromatic heterocycles. The fourth-order valence-electron chi connectivity index (χ4n) is 3.14. The molecule has 4 aromatic rings. The molecule has 1 aliphatic rings. The number of hydrogen-bond donors (Lipinski definition) is 2. The van der Waals surface area contributed by atoms with Crippen molar-refractivity contribution in [2.75, 3.05) is 5.32 Å². The second kappa shape index (κ2) is 5.24. The highest BCUT2D eigenvalue weighted by Crippen LogP contribution is 2.42. The summed E-state index contributed by atoms with van der Waals surface area (Å²) in [6.45, 7) is 2.03. The monoisotopic (exact) mass is 326 g/mol. The predicted octanol–water partition coefficient (Wildman–Crippen LogP) is 3.96. The van der Waals surface area contributed by atoms with Gasteiger partial charge < -0.3 is 10.3 Å². The van der Waals surface area contributed by atoms with Crippen LogP contribution in [0.1, 0.15) is 5.56 Å². The Labute approximate surface area is 144 Å². The maximum atomic E-state index is 4.86. The zero-order chi connectivity index (χ0) is 16.8. The van der Waals surface area contributed by atoms with Crippen LogP contribution < -0.4 is 5.32 Å². The highest BCUT2D eigenvalue weighted by Gasteiger charge is 2.24. The number of hydrogen-bond acceptors (Lipinski definition) is 5. The van der Waals surface area contributed by atoms with Gasteiger partial charge in [-0.05, 0) is 36.8 Å². The molecule has 2 N–H and O–H groups in total. The van der Waals surface area contributed by atoms with Crippen LogP contribution in [0.5, 0.6) is 0 Å². The zero-order valence-corrected chi connectivity index (χ0v) is 13.5. The van der Waals surface area contributed by atoms with Crippen molar-refractivity contribution in [3.05, 3.63) is 60.7 Å². The molecule has 0 amide bonds. The topological polar surface area (TPSA) is 79.4 Å². The molecule has 25 heavy (non-hydrogen) atoms. The molecule has 120 valence electrons. The minimum absolute atomic E-state index is 0.752. The maximum absolute atomic E-state index is 4.86. The lowest BCUT2D eigenvalue weighted by Gasteiger charge is -2.08. The Morgan fingerprint density at radius 2 is 1.76 bits per heavy atom. The summed E-state index contributed by atoms with van der Waals surface area (Å²) in [5.41, 5.74) is 6.59. The molecule has 0 unspecified atom stereocenters. The molecule has 6 heteroatoms. The number of rotatable bonds is 1. The molecule has 0 aromatic carbocycles. The van der Waals surface area contributed by atoms with Crippen molar-refractivity contribution in [3.8, 4) is 34.0 Å². The van der Waals surface area contributed by atoms with Gasteiger partial charge in [0.25, 0.3) is 0 Å². The van der Waals surface area contributed by atoms with E-state index < -0.39 is 0 Å². The number of aromatic amines is 1. The Bertz CT molecular complexity index is 1040. The molecule has 0 saturated carbocycles. The average molecular weight is 326 g/mol. The van der Waals surface area contributed by atoms with Crippen LogP contribution >= 0.6 is 0 Å². The van der Waals surface area contributed by atoms with Gasteiger partial charge in [0.15, 0.2) is 5.82 Å². The molecule has 0 atom stereocenters. The lowest BCUT2D eigenvalue weighted by Crippen LogP contribution is -1.96. The summed E-state index contributed by atoms with van der Waals surface area (Å²) in [5.74, 6) is 1.52. The van der Waals surface area contributed by atoms with Crippen LogP contribution in [0.3, 0.4) is 0 Å². The summed E-state index contributed by atoms with van der Waals surface area (Å²) in [5, 5.41) is 3.36. The number of aromatic nitrogens is 5. The molecule has 5 rings (SSSR count). The van der Waals surface area contributed by atoms with Crippen LogP contribution in [-0.2, 0) is 0 Å². The van der Waals surface area contributed by atoms with Gasteiger partial charge in [0.1, 0.15) is 17.2 Å². The number of fused-ring (bicyclic) bond motifs is 5. The first-order valence-electron chi connectivity index (χ1n) is 8.00. The number of anilines is 2. The minimum atomic E-state index is 0.752. The summed E-state index contributed by atoms with van der Waals surface area (Å²) < 4.78 is 0. The molecule has 1 aliphatic heterocycles. The van der Waals surface area contributed by atoms with Crippen LogP contribution in [-0.4, -0.2) is 24.9 Å². The zero-order valence-electron chi connectivity index (χ0n) is 13.5. The largest absolute Gasteiger partial charge is 0.338 e. The van der Waals surface area contributed by atoms with Gasteiger partial charge in [-0.1, -0.05) is 6.07 Å². The quantitative estimate of drug-likeness (QED) is 0.487. The van der Waals surface area contributed by atoms with Crippen LogP contribution in [0.2, 0.25) is 0 Å². The molecular weight excluding hydrogens is 312 g/mol. The second-order valence-electron chi connectivity index (χ2n) is 5.92. The van der Waals surface area contributed by atoms with Crippen molar-refractivity contribution in [2.45, 2.75) is 6.92 Å². The number of nitrogens with zero attached hydrogens (tertiary/aromatic N) is 4. The van der Waals surface area contributed by atoms with E-state index in [0.29, 0.717) is 0 Å². The van der Waals surface area contributed by atoms with E-state index in [9.17, 15) is 0 Å². The highest BCUT2D eigenvalue weighted by atomic mass is 15.0. The SMILES string of the molecule is Cc1cccnc1-c1nc2c([nH]1)-c1ccncc1Nc1ncccc1-2. The van der Waals surface area contributed by atoms with Gasteiger partial charge >= 0.3 is 0 Å². The highest BCUT2D eigenvalue weighted by molar-refractivity contribution is 5.95. The van der Waals surface area contributed by atoms with Crippen molar-refractivity contribution in [2.24, 2.45) is 0 Å². The average Bonchev–Trinajstić information content (AvgIpc) is 3.03. The van der Waals surface area contributed by atoms with E-state index in [2.05, 4.69) is 25.3 Å². The Balaban J connectivity index is 1.82. The summed E-state index contributed by atoms with van der Waals surface area (Å²) in [4.78, 5) is 21.5. The minimum Gasteiger partial charge on any atom is -0.338 e. The van der Waals surface area contributed by atoms with E-state index in [-0.39, 0.29) is 0 Å². The van der Waals surface area contributed by atoms with Gasteiger partial charge in [0.05, 0.1) is 17.6 Å². The van der Waals surface area contributed by atoms with Crippen molar-refractivity contribution >= 4 is 11.5 Å². The molecule has 0 fully saturated rings. The number of aryl methyl sites for hydroxylation is 1. The number of imidazole rings is 1. The molecule has 0 aliphatic carbocycles. The van der Waals surface area contributed by atoms with E-state index in [1.165, 1.54) is 0 Å². The van der Waals surface area contributed by atoms with E-state index in [4.69, 9.17) is 4.98 Å². The lowest BCUT2D eigenvalue weighted by molar-refractivity contribution is 1.19. The Hall–Kier alpha value is -3.54. The summed E-state index contributed by atoms with van der Waals surface area (Å²) in [6.07, 6.45) is 7.13. The molecule has 0 bridgehead atoms. The van der Waals surface area contributed by atoms with Crippen molar-refractivity contribution in [3.63, 3.8) is 0 Å². The van der Waals surface area contributed by atoms with Crippen molar-refractivity contribution < 1.29 is 0 Å². The van der Waals surface area contributed by atoms with E-state index in [1.54, 1.807) is 24.8 Å². The summed E-state index contributed by atoms with van der Waals surface area (Å²) in [6, 6.07) is 9.87. The first-order chi connectivity index (χ1) is 12.3. The van der Waals surface area contributed by atoms with Crippen molar-refractivity contribution in [1.82, 2.24) is 24.9 Å². The molecule has 0 saturated heterocycles. The maximum Gasteiger partial charge on any atom is 0.157 e. The van der Waals surface area contributed by atoms with Gasteiger partial charge in [-0.3, -0.25) is 9.97 Å². The second-order valence-corrected chi connectivity index (χ2v) is 5.92.